The summed E-state index contributed by atoms with van der Waals surface area (Å²) in [6, 6.07) is 12.0. The van der Waals surface area contributed by atoms with Crippen LogP contribution in [0, 0.1) is 5.82 Å². The van der Waals surface area contributed by atoms with Crippen molar-refractivity contribution >= 4 is 41.6 Å². The van der Waals surface area contributed by atoms with E-state index in [0.29, 0.717) is 18.7 Å². The number of aromatic nitrogens is 1. The minimum Gasteiger partial charge on any atom is -0.360 e. The van der Waals surface area contributed by atoms with Crippen molar-refractivity contribution in [2.24, 2.45) is 11.5 Å². The molecule has 0 fully saturated rings. The SMILES string of the molecule is Cl.Cl.NCCC[C@H](N)CNC(=O)c1c[nH]c2ccc(-c3ccc(F)cc3)cc12. The van der Waals surface area contributed by atoms with Gasteiger partial charge in [0.05, 0.1) is 5.56 Å². The number of fused-ring (bicyclic) bond motifs is 1. The second-order valence-corrected chi connectivity index (χ2v) is 6.37. The van der Waals surface area contributed by atoms with E-state index in [9.17, 15) is 9.18 Å². The molecule has 0 saturated heterocycles. The number of nitrogens with one attached hydrogen (secondary N) is 2. The van der Waals surface area contributed by atoms with Gasteiger partial charge in [-0.25, -0.2) is 4.39 Å². The summed E-state index contributed by atoms with van der Waals surface area (Å²) < 4.78 is 13.1. The molecule has 28 heavy (non-hydrogen) atoms. The van der Waals surface area contributed by atoms with E-state index in [1.165, 1.54) is 12.1 Å². The average molecular weight is 427 g/mol. The van der Waals surface area contributed by atoms with Gasteiger partial charge in [-0.05, 0) is 54.8 Å². The van der Waals surface area contributed by atoms with E-state index in [1.807, 2.05) is 18.2 Å². The van der Waals surface area contributed by atoms with Gasteiger partial charge in [-0.3, -0.25) is 4.79 Å². The van der Waals surface area contributed by atoms with Gasteiger partial charge in [0.1, 0.15) is 5.82 Å². The number of aromatic amines is 1. The highest BCUT2D eigenvalue weighted by Gasteiger charge is 2.14. The largest absolute Gasteiger partial charge is 0.360 e. The first-order valence-electron chi connectivity index (χ1n) is 8.69. The van der Waals surface area contributed by atoms with Crippen LogP contribution in [0.1, 0.15) is 23.2 Å². The van der Waals surface area contributed by atoms with Crippen LogP contribution >= 0.6 is 24.8 Å². The molecule has 0 aliphatic rings. The van der Waals surface area contributed by atoms with Gasteiger partial charge in [-0.2, -0.15) is 0 Å². The molecule has 0 radical (unpaired) electrons. The fraction of sp³-hybridized carbons (Fsp3) is 0.250. The van der Waals surface area contributed by atoms with Crippen LogP contribution in [0.5, 0.6) is 0 Å². The quantitative estimate of drug-likeness (QED) is 0.464. The number of hydrogen-bond donors (Lipinski definition) is 4. The molecular weight excluding hydrogens is 402 g/mol. The smallest absolute Gasteiger partial charge is 0.253 e. The molecule has 6 N–H and O–H groups in total. The lowest BCUT2D eigenvalue weighted by Gasteiger charge is -2.12. The molecule has 152 valence electrons. The molecule has 3 aromatic rings. The number of H-pyrrole nitrogens is 1. The Kier molecular flexibility index (Phi) is 9.41. The predicted octanol–water partition coefficient (Wildman–Crippen LogP) is 3.61. The van der Waals surface area contributed by atoms with Crippen LogP contribution in [0.15, 0.2) is 48.7 Å². The van der Waals surface area contributed by atoms with E-state index in [4.69, 9.17) is 11.5 Å². The summed E-state index contributed by atoms with van der Waals surface area (Å²) in [5.41, 5.74) is 14.7. The van der Waals surface area contributed by atoms with Crippen molar-refractivity contribution in [3.05, 3.63) is 60.0 Å². The monoisotopic (exact) mass is 426 g/mol. The Morgan fingerprint density at radius 2 is 1.79 bits per heavy atom. The molecule has 3 rings (SSSR count). The van der Waals surface area contributed by atoms with Crippen molar-refractivity contribution in [1.82, 2.24) is 10.3 Å². The zero-order chi connectivity index (χ0) is 18.5. The number of benzene rings is 2. The first-order chi connectivity index (χ1) is 12.6. The number of nitrogens with two attached hydrogens (primary N) is 2. The van der Waals surface area contributed by atoms with E-state index in [0.717, 1.165) is 34.9 Å². The van der Waals surface area contributed by atoms with Crippen LogP contribution in [-0.2, 0) is 0 Å². The maximum atomic E-state index is 13.1. The highest BCUT2D eigenvalue weighted by molar-refractivity contribution is 6.07. The Bertz CT molecular complexity index is 899. The van der Waals surface area contributed by atoms with E-state index in [2.05, 4.69) is 10.3 Å². The van der Waals surface area contributed by atoms with E-state index in [1.54, 1.807) is 18.3 Å². The standard InChI is InChI=1S/C20H23FN4O.2ClH/c21-15-6-3-13(4-7-15)14-5-8-19-17(10-14)18(12-24-19)20(26)25-11-16(23)2-1-9-22;;/h3-8,10,12,16,24H,1-2,9,11,22-23H2,(H,25,26);2*1H/t16-;;/m0../s1. The fourth-order valence-corrected chi connectivity index (χ4v) is 2.93. The molecule has 1 amide bonds. The summed E-state index contributed by atoms with van der Waals surface area (Å²) >= 11 is 0. The van der Waals surface area contributed by atoms with Gasteiger partial charge < -0.3 is 21.8 Å². The van der Waals surface area contributed by atoms with Crippen LogP contribution in [0.3, 0.4) is 0 Å². The van der Waals surface area contributed by atoms with Gasteiger partial charge in [-0.15, -0.1) is 24.8 Å². The Morgan fingerprint density at radius 1 is 1.11 bits per heavy atom. The number of rotatable bonds is 7. The third-order valence-electron chi connectivity index (χ3n) is 4.41. The van der Waals surface area contributed by atoms with Crippen molar-refractivity contribution in [3.8, 4) is 11.1 Å². The third kappa shape index (κ3) is 5.69. The summed E-state index contributed by atoms with van der Waals surface area (Å²) in [7, 11) is 0. The number of carbonyl (C=O) groups excluding carboxylic acids is 1. The highest BCUT2D eigenvalue weighted by Crippen LogP contribution is 2.26. The summed E-state index contributed by atoms with van der Waals surface area (Å²) in [6.45, 7) is 0.999. The highest BCUT2D eigenvalue weighted by atomic mass is 35.5. The molecular formula is C20H25Cl2FN4O. The van der Waals surface area contributed by atoms with E-state index >= 15 is 0 Å². The molecule has 1 aromatic heterocycles. The third-order valence-corrected chi connectivity index (χ3v) is 4.41. The van der Waals surface area contributed by atoms with Gasteiger partial charge >= 0.3 is 0 Å². The molecule has 8 heteroatoms. The number of hydrogen-bond acceptors (Lipinski definition) is 3. The van der Waals surface area contributed by atoms with E-state index < -0.39 is 0 Å². The topological polar surface area (TPSA) is 96.9 Å². The van der Waals surface area contributed by atoms with Crippen molar-refractivity contribution < 1.29 is 9.18 Å². The lowest BCUT2D eigenvalue weighted by Crippen LogP contribution is -2.37. The van der Waals surface area contributed by atoms with Crippen LogP contribution in [0.2, 0.25) is 0 Å². The Balaban J connectivity index is 0.00000196. The van der Waals surface area contributed by atoms with Gasteiger partial charge in [-0.1, -0.05) is 18.2 Å². The Labute approximate surface area is 175 Å². The van der Waals surface area contributed by atoms with Crippen molar-refractivity contribution in [2.75, 3.05) is 13.1 Å². The van der Waals surface area contributed by atoms with Crippen molar-refractivity contribution in [2.45, 2.75) is 18.9 Å². The summed E-state index contributed by atoms with van der Waals surface area (Å²) in [5, 5.41) is 3.70. The average Bonchev–Trinajstić information content (AvgIpc) is 3.08. The predicted molar refractivity (Wildman–Crippen MR) is 117 cm³/mol. The Hall–Kier alpha value is -2.12. The summed E-state index contributed by atoms with van der Waals surface area (Å²) in [4.78, 5) is 15.6. The maximum absolute atomic E-state index is 13.1. The van der Waals surface area contributed by atoms with Gasteiger partial charge in [0, 0.05) is 29.7 Å². The van der Waals surface area contributed by atoms with Crippen LogP contribution < -0.4 is 16.8 Å². The van der Waals surface area contributed by atoms with Gasteiger partial charge in [0.2, 0.25) is 0 Å². The molecule has 0 aliphatic heterocycles. The first-order valence-corrected chi connectivity index (χ1v) is 8.69. The minimum atomic E-state index is -0.275. The molecule has 0 saturated carbocycles. The second kappa shape index (κ2) is 11.0. The number of carbonyl (C=O) groups is 1. The molecule has 1 heterocycles. The number of halogens is 3. The van der Waals surface area contributed by atoms with Gasteiger partial charge in [0.15, 0.2) is 0 Å². The van der Waals surface area contributed by atoms with Crippen molar-refractivity contribution in [3.63, 3.8) is 0 Å². The molecule has 5 nitrogen and oxygen atoms in total. The van der Waals surface area contributed by atoms with Crippen molar-refractivity contribution in [1.29, 1.82) is 0 Å². The lowest BCUT2D eigenvalue weighted by atomic mass is 10.0. The molecule has 0 aliphatic carbocycles. The van der Waals surface area contributed by atoms with Crippen LogP contribution in [-0.4, -0.2) is 30.0 Å². The second-order valence-electron chi connectivity index (χ2n) is 6.37. The van der Waals surface area contributed by atoms with E-state index in [-0.39, 0.29) is 42.6 Å². The first kappa shape index (κ1) is 23.9. The molecule has 0 unspecified atom stereocenters. The molecule has 0 bridgehead atoms. The summed E-state index contributed by atoms with van der Waals surface area (Å²) in [5.74, 6) is -0.446. The molecule has 1 atom stereocenters. The van der Waals surface area contributed by atoms with Crippen LogP contribution in [0.4, 0.5) is 4.39 Å². The summed E-state index contributed by atoms with van der Waals surface area (Å²) in [6.07, 6.45) is 3.31. The lowest BCUT2D eigenvalue weighted by molar-refractivity contribution is 0.0952. The number of amides is 1. The van der Waals surface area contributed by atoms with Gasteiger partial charge in [0.25, 0.3) is 5.91 Å². The maximum Gasteiger partial charge on any atom is 0.253 e. The molecule has 2 aromatic carbocycles. The fourth-order valence-electron chi connectivity index (χ4n) is 2.93. The zero-order valence-corrected chi connectivity index (χ0v) is 16.9. The Morgan fingerprint density at radius 3 is 2.46 bits per heavy atom. The van der Waals surface area contributed by atoms with Crippen LogP contribution in [0.25, 0.3) is 22.0 Å². The zero-order valence-electron chi connectivity index (χ0n) is 15.3. The molecule has 0 spiro atoms. The normalized spacial score (nSPS) is 11.4. The minimum absolute atomic E-state index is 0.